The van der Waals surface area contributed by atoms with Crippen molar-refractivity contribution in [2.24, 2.45) is 0 Å². The third kappa shape index (κ3) is 12.1. The highest BCUT2D eigenvalue weighted by atomic mass is 28.5. The van der Waals surface area contributed by atoms with E-state index < -0.39 is 31.1 Å². The summed E-state index contributed by atoms with van der Waals surface area (Å²) in [6, 6.07) is 0.523. The Hall–Kier alpha value is 0.0838. The predicted octanol–water partition coefficient (Wildman–Crippen LogP) is 3.27. The van der Waals surface area contributed by atoms with Gasteiger partial charge in [0.25, 0.3) is 0 Å². The zero-order chi connectivity index (χ0) is 11.0. The van der Waals surface area contributed by atoms with Crippen LogP contribution in [-0.2, 0) is 0 Å². The minimum absolute atomic E-state index is 0.109. The van der Waals surface area contributed by atoms with Gasteiger partial charge in [-0.2, -0.15) is 0 Å². The Labute approximate surface area is 84.2 Å². The Balaban J connectivity index is 3.07. The van der Waals surface area contributed by atoms with Crippen molar-refractivity contribution in [3.05, 3.63) is 0 Å². The van der Waals surface area contributed by atoms with E-state index in [4.69, 9.17) is 0 Å². The molecule has 0 fully saturated rings. The monoisotopic (exact) mass is 250 g/mol. The fourth-order valence-electron chi connectivity index (χ4n) is 1.15. The van der Waals surface area contributed by atoms with Gasteiger partial charge < -0.3 is 0 Å². The molecule has 14 heavy (non-hydrogen) atoms. The molecule has 0 aromatic carbocycles. The molecule has 0 aliphatic heterocycles. The van der Waals surface area contributed by atoms with Gasteiger partial charge in [-0.1, -0.05) is 18.5 Å². The number of hydrogen-bond acceptors (Lipinski definition) is 0. The lowest BCUT2D eigenvalue weighted by Crippen LogP contribution is -2.14. The van der Waals surface area contributed by atoms with E-state index >= 15 is 0 Å². The second-order valence-corrected chi connectivity index (χ2v) is 7.16. The quantitative estimate of drug-likeness (QED) is 0.268. The van der Waals surface area contributed by atoms with E-state index in [-0.39, 0.29) is 6.42 Å². The number of hydrogen-bond donors (Lipinski definition) is 0. The lowest BCUT2D eigenvalue weighted by atomic mass is 10.3. The summed E-state index contributed by atoms with van der Waals surface area (Å²) in [5.41, 5.74) is 0. The molecule has 86 valence electrons. The fraction of sp³-hybridized carbons (Fsp3) is 1.00. The van der Waals surface area contributed by atoms with Gasteiger partial charge in [0.1, 0.15) is 0 Å². The summed E-state index contributed by atoms with van der Waals surface area (Å²) >= 11 is 0. The number of halogens is 5. The molecule has 0 unspecified atom stereocenters. The third-order valence-electron chi connectivity index (χ3n) is 1.88. The molecule has 7 heteroatoms. The normalized spacial score (nSPS) is 13.3. The molecule has 0 radical (unpaired) electrons. The summed E-state index contributed by atoms with van der Waals surface area (Å²) in [6.07, 6.45) is -1.24. The van der Waals surface area contributed by atoms with Crippen LogP contribution in [0.5, 0.6) is 0 Å². The standard InChI is InChI=1S/C7H15F5Si2/c8-7(9)3-1-2-4-13-5-6-14(10,11)12/h7H,1-6,13H2. The number of rotatable bonds is 8. The Morgan fingerprint density at radius 2 is 1.64 bits per heavy atom. The summed E-state index contributed by atoms with van der Waals surface area (Å²) < 4.78 is 58.7. The topological polar surface area (TPSA) is 0 Å². The van der Waals surface area contributed by atoms with Crippen LogP contribution < -0.4 is 0 Å². The van der Waals surface area contributed by atoms with Crippen LogP contribution in [0.15, 0.2) is 0 Å². The van der Waals surface area contributed by atoms with Crippen LogP contribution in [-0.4, -0.2) is 25.0 Å². The van der Waals surface area contributed by atoms with Crippen molar-refractivity contribution >= 4 is 18.6 Å². The molecule has 0 aliphatic rings. The lowest BCUT2D eigenvalue weighted by molar-refractivity contribution is 0.134. The van der Waals surface area contributed by atoms with Gasteiger partial charge in [-0.15, -0.1) is 0 Å². The van der Waals surface area contributed by atoms with E-state index in [1.54, 1.807) is 0 Å². The largest absolute Gasteiger partial charge is 0.615 e. The molecule has 0 saturated carbocycles. The highest BCUT2D eigenvalue weighted by molar-refractivity contribution is 6.59. The first-order valence-electron chi connectivity index (χ1n) is 4.77. The average Bonchev–Trinajstić information content (AvgIpc) is 2.00. The number of unbranched alkanes of at least 4 members (excludes halogenated alkanes) is 1. The van der Waals surface area contributed by atoms with Crippen LogP contribution in [0.4, 0.5) is 21.1 Å². The van der Waals surface area contributed by atoms with Crippen LogP contribution in [0.2, 0.25) is 18.1 Å². The molecule has 0 aliphatic carbocycles. The molecule has 0 nitrogen and oxygen atoms in total. The maximum Gasteiger partial charge on any atom is 0.615 e. The van der Waals surface area contributed by atoms with Crippen molar-refractivity contribution in [2.75, 3.05) is 0 Å². The van der Waals surface area contributed by atoms with Crippen molar-refractivity contribution in [3.63, 3.8) is 0 Å². The predicted molar refractivity (Wildman–Crippen MR) is 51.9 cm³/mol. The Morgan fingerprint density at radius 3 is 2.14 bits per heavy atom. The van der Waals surface area contributed by atoms with Gasteiger partial charge in [-0.05, 0) is 6.42 Å². The van der Waals surface area contributed by atoms with Gasteiger partial charge in [0.05, 0.1) is 0 Å². The SMILES string of the molecule is FC(F)CCCC[SiH2]CC[Si](F)(F)F. The molecule has 0 bridgehead atoms. The van der Waals surface area contributed by atoms with Crippen LogP contribution in [0.1, 0.15) is 19.3 Å². The van der Waals surface area contributed by atoms with Gasteiger partial charge in [-0.3, -0.25) is 0 Å². The van der Waals surface area contributed by atoms with Crippen molar-refractivity contribution in [1.82, 2.24) is 0 Å². The molecule has 0 spiro atoms. The second kappa shape index (κ2) is 7.39. The zero-order valence-electron chi connectivity index (χ0n) is 7.92. The zero-order valence-corrected chi connectivity index (χ0v) is 10.3. The average molecular weight is 250 g/mol. The van der Waals surface area contributed by atoms with E-state index in [1.165, 1.54) is 0 Å². The molecule has 0 saturated heterocycles. The second-order valence-electron chi connectivity index (χ2n) is 3.31. The molecule has 0 aromatic heterocycles. The lowest BCUT2D eigenvalue weighted by Gasteiger charge is -2.02. The first kappa shape index (κ1) is 14.1. The van der Waals surface area contributed by atoms with E-state index in [1.807, 2.05) is 0 Å². The molecular formula is C7H15F5Si2. The minimum Gasteiger partial charge on any atom is -0.238 e. The van der Waals surface area contributed by atoms with Gasteiger partial charge in [0.15, 0.2) is 0 Å². The fourth-order valence-corrected chi connectivity index (χ4v) is 4.82. The molecule has 0 heterocycles. The molecule has 0 N–H and O–H groups in total. The van der Waals surface area contributed by atoms with Crippen LogP contribution in [0.3, 0.4) is 0 Å². The van der Waals surface area contributed by atoms with E-state index in [9.17, 15) is 21.1 Å². The van der Waals surface area contributed by atoms with Crippen molar-refractivity contribution < 1.29 is 21.1 Å². The van der Waals surface area contributed by atoms with E-state index in [2.05, 4.69) is 0 Å². The van der Waals surface area contributed by atoms with Gasteiger partial charge in [0, 0.05) is 22.0 Å². The van der Waals surface area contributed by atoms with Crippen molar-refractivity contribution in [2.45, 2.75) is 43.8 Å². The minimum atomic E-state index is -5.33. The van der Waals surface area contributed by atoms with E-state index in [0.717, 1.165) is 6.04 Å². The van der Waals surface area contributed by atoms with Gasteiger partial charge >= 0.3 is 9.08 Å². The Kier molecular flexibility index (Phi) is 7.43. The summed E-state index contributed by atoms with van der Waals surface area (Å²) in [4.78, 5) is 0. The van der Waals surface area contributed by atoms with Crippen LogP contribution in [0.25, 0.3) is 0 Å². The molecule has 0 aromatic rings. The van der Waals surface area contributed by atoms with Gasteiger partial charge in [-0.25, -0.2) is 21.1 Å². The van der Waals surface area contributed by atoms with Gasteiger partial charge in [0.2, 0.25) is 6.43 Å². The maximum atomic E-state index is 11.8. The van der Waals surface area contributed by atoms with Crippen molar-refractivity contribution in [1.29, 1.82) is 0 Å². The summed E-state index contributed by atoms with van der Waals surface area (Å²) in [5.74, 6) is 0. The maximum absolute atomic E-state index is 11.8. The summed E-state index contributed by atoms with van der Waals surface area (Å²) in [5, 5.41) is 0. The highest BCUT2D eigenvalue weighted by Crippen LogP contribution is 2.17. The molecular weight excluding hydrogens is 235 g/mol. The summed E-state index contributed by atoms with van der Waals surface area (Å²) in [6.45, 7) is 0. The third-order valence-corrected chi connectivity index (χ3v) is 5.36. The Bertz CT molecular complexity index is 137. The molecule has 0 atom stereocenters. The Morgan fingerprint density at radius 1 is 1.00 bits per heavy atom. The smallest absolute Gasteiger partial charge is 0.238 e. The first-order valence-corrected chi connectivity index (χ1v) is 8.61. The molecule has 0 rings (SSSR count). The van der Waals surface area contributed by atoms with Crippen molar-refractivity contribution in [3.8, 4) is 0 Å². The highest BCUT2D eigenvalue weighted by Gasteiger charge is 2.35. The van der Waals surface area contributed by atoms with Crippen LogP contribution >= 0.6 is 0 Å². The summed E-state index contributed by atoms with van der Waals surface area (Å²) in [7, 11) is -5.97. The first-order chi connectivity index (χ1) is 6.42. The molecule has 0 amide bonds. The number of alkyl halides is 2. The van der Waals surface area contributed by atoms with E-state index in [0.29, 0.717) is 18.9 Å². The van der Waals surface area contributed by atoms with Crippen LogP contribution in [0, 0.1) is 0 Å².